The lowest BCUT2D eigenvalue weighted by Gasteiger charge is -2.09. The number of carbonyl (C=O) groups excluding carboxylic acids is 2. The van der Waals surface area contributed by atoms with Gasteiger partial charge in [-0.3, -0.25) is 4.79 Å². The number of methoxy groups -OCH3 is 1. The number of furan rings is 1. The van der Waals surface area contributed by atoms with Crippen LogP contribution < -0.4 is 11.1 Å². The molecule has 21 heavy (non-hydrogen) atoms. The summed E-state index contributed by atoms with van der Waals surface area (Å²) in [5.41, 5.74) is 5.85. The number of hydrogen-bond acceptors (Lipinski definition) is 5. The molecule has 3 N–H and O–H groups in total. The first-order valence-electron chi connectivity index (χ1n) is 6.03. The molecule has 7 heteroatoms. The minimum absolute atomic E-state index is 0.0891. The van der Waals surface area contributed by atoms with Crippen molar-refractivity contribution in [2.24, 2.45) is 5.73 Å². The fraction of sp³-hybridized carbons (Fsp3) is 0.143. The molecular formula is C14H13ClN2O4. The van der Waals surface area contributed by atoms with E-state index >= 15 is 0 Å². The van der Waals surface area contributed by atoms with Crippen LogP contribution >= 0.6 is 11.6 Å². The zero-order chi connectivity index (χ0) is 15.4. The van der Waals surface area contributed by atoms with Crippen LogP contribution in [0.1, 0.15) is 26.7 Å². The lowest BCUT2D eigenvalue weighted by Crippen LogP contribution is -2.15. The molecule has 1 amide bonds. The molecule has 6 nitrogen and oxygen atoms in total. The fourth-order valence-electron chi connectivity index (χ4n) is 1.70. The second-order valence-corrected chi connectivity index (χ2v) is 4.54. The van der Waals surface area contributed by atoms with Gasteiger partial charge in [0.15, 0.2) is 5.76 Å². The number of hydrogen-bond donors (Lipinski definition) is 2. The van der Waals surface area contributed by atoms with Gasteiger partial charge in [0, 0.05) is 5.02 Å². The summed E-state index contributed by atoms with van der Waals surface area (Å²) < 4.78 is 9.89. The molecule has 0 aliphatic carbocycles. The van der Waals surface area contributed by atoms with Crippen molar-refractivity contribution < 1.29 is 18.7 Å². The Labute approximate surface area is 125 Å². The topological polar surface area (TPSA) is 94.6 Å². The van der Waals surface area contributed by atoms with Gasteiger partial charge in [-0.15, -0.1) is 0 Å². The maximum atomic E-state index is 12.1. The number of rotatable bonds is 4. The standard InChI is InChI=1S/C14H13ClN2O4/c1-20-14(19)10-4-2-8(15)6-11(10)17-13(18)12-5-3-9(7-16)21-12/h2-6H,7,16H2,1H3,(H,17,18). The molecule has 0 fully saturated rings. The van der Waals surface area contributed by atoms with E-state index < -0.39 is 11.9 Å². The summed E-state index contributed by atoms with van der Waals surface area (Å²) in [5, 5.41) is 2.94. The van der Waals surface area contributed by atoms with E-state index in [2.05, 4.69) is 10.1 Å². The van der Waals surface area contributed by atoms with E-state index in [1.165, 1.54) is 31.4 Å². The molecule has 0 aliphatic heterocycles. The molecule has 0 atom stereocenters. The molecule has 110 valence electrons. The highest BCUT2D eigenvalue weighted by Gasteiger charge is 2.17. The van der Waals surface area contributed by atoms with Crippen LogP contribution in [0.3, 0.4) is 0 Å². The molecule has 0 aliphatic rings. The van der Waals surface area contributed by atoms with Gasteiger partial charge < -0.3 is 20.2 Å². The Bertz CT molecular complexity index is 681. The molecule has 0 bridgehead atoms. The SMILES string of the molecule is COC(=O)c1ccc(Cl)cc1NC(=O)c1ccc(CN)o1. The Morgan fingerprint density at radius 2 is 2.10 bits per heavy atom. The van der Waals surface area contributed by atoms with Gasteiger partial charge in [-0.2, -0.15) is 0 Å². The number of nitrogens with two attached hydrogens (primary N) is 1. The molecule has 2 rings (SSSR count). The predicted octanol–water partition coefficient (Wildman–Crippen LogP) is 2.43. The van der Waals surface area contributed by atoms with Crippen LogP contribution in [0.5, 0.6) is 0 Å². The van der Waals surface area contributed by atoms with Crippen LogP contribution in [0.4, 0.5) is 5.69 Å². The third-order valence-electron chi connectivity index (χ3n) is 2.72. The molecule has 0 radical (unpaired) electrons. The van der Waals surface area contributed by atoms with E-state index in [9.17, 15) is 9.59 Å². The third-order valence-corrected chi connectivity index (χ3v) is 2.96. The quantitative estimate of drug-likeness (QED) is 0.846. The summed E-state index contributed by atoms with van der Waals surface area (Å²) in [7, 11) is 1.25. The Morgan fingerprint density at radius 1 is 1.33 bits per heavy atom. The van der Waals surface area contributed by atoms with Crippen LogP contribution in [0.15, 0.2) is 34.7 Å². The smallest absolute Gasteiger partial charge is 0.339 e. The second-order valence-electron chi connectivity index (χ2n) is 4.11. The van der Waals surface area contributed by atoms with Crippen molar-refractivity contribution in [3.8, 4) is 0 Å². The first-order chi connectivity index (χ1) is 10.0. The molecule has 0 saturated carbocycles. The van der Waals surface area contributed by atoms with Crippen LogP contribution in [-0.2, 0) is 11.3 Å². The summed E-state index contributed by atoms with van der Waals surface area (Å²) in [5.74, 6) is -0.517. The first kappa shape index (κ1) is 15.1. The zero-order valence-corrected chi connectivity index (χ0v) is 11.9. The number of esters is 1. The largest absolute Gasteiger partial charge is 0.465 e. The number of ether oxygens (including phenoxy) is 1. The number of carbonyl (C=O) groups is 2. The van der Waals surface area contributed by atoms with Crippen molar-refractivity contribution in [3.05, 3.63) is 52.4 Å². The minimum Gasteiger partial charge on any atom is -0.465 e. The number of halogens is 1. The zero-order valence-electron chi connectivity index (χ0n) is 11.2. The molecule has 0 saturated heterocycles. The van der Waals surface area contributed by atoms with Crippen LogP contribution in [0.25, 0.3) is 0 Å². The van der Waals surface area contributed by atoms with E-state index in [0.717, 1.165) is 0 Å². The average molecular weight is 309 g/mol. The Kier molecular flexibility index (Phi) is 4.62. The Balaban J connectivity index is 2.27. The van der Waals surface area contributed by atoms with Gasteiger partial charge in [-0.1, -0.05) is 11.6 Å². The number of amides is 1. The fourth-order valence-corrected chi connectivity index (χ4v) is 1.87. The van der Waals surface area contributed by atoms with E-state index in [4.69, 9.17) is 21.8 Å². The maximum absolute atomic E-state index is 12.1. The number of benzene rings is 1. The second kappa shape index (κ2) is 6.43. The van der Waals surface area contributed by atoms with Crippen LogP contribution in [0, 0.1) is 0 Å². The minimum atomic E-state index is -0.580. The van der Waals surface area contributed by atoms with Crippen LogP contribution in [-0.4, -0.2) is 19.0 Å². The molecule has 1 heterocycles. The van der Waals surface area contributed by atoms with Crippen LogP contribution in [0.2, 0.25) is 5.02 Å². The van der Waals surface area contributed by atoms with Gasteiger partial charge in [0.25, 0.3) is 5.91 Å². The van der Waals surface area contributed by atoms with E-state index in [1.54, 1.807) is 6.07 Å². The molecule has 0 unspecified atom stereocenters. The first-order valence-corrected chi connectivity index (χ1v) is 6.41. The molecule has 0 spiro atoms. The van der Waals surface area contributed by atoms with E-state index in [0.29, 0.717) is 10.8 Å². The summed E-state index contributed by atoms with van der Waals surface area (Å²) >= 11 is 5.88. The van der Waals surface area contributed by atoms with Gasteiger partial charge >= 0.3 is 5.97 Å². The molecular weight excluding hydrogens is 296 g/mol. The average Bonchev–Trinajstić information content (AvgIpc) is 2.95. The molecule has 1 aromatic heterocycles. The summed E-state index contributed by atoms with van der Waals surface area (Å²) in [6.07, 6.45) is 0. The number of nitrogens with one attached hydrogen (secondary N) is 1. The highest BCUT2D eigenvalue weighted by molar-refractivity contribution is 6.31. The van der Waals surface area contributed by atoms with Gasteiger partial charge in [0.2, 0.25) is 0 Å². The summed E-state index contributed by atoms with van der Waals surface area (Å²) in [6, 6.07) is 7.56. The summed E-state index contributed by atoms with van der Waals surface area (Å²) in [6.45, 7) is 0.192. The summed E-state index contributed by atoms with van der Waals surface area (Å²) in [4.78, 5) is 23.7. The van der Waals surface area contributed by atoms with Gasteiger partial charge in [-0.05, 0) is 30.3 Å². The van der Waals surface area contributed by atoms with Crippen molar-refractivity contribution in [2.45, 2.75) is 6.54 Å². The van der Waals surface area contributed by atoms with E-state index in [1.807, 2.05) is 0 Å². The normalized spacial score (nSPS) is 10.2. The Morgan fingerprint density at radius 3 is 2.71 bits per heavy atom. The highest BCUT2D eigenvalue weighted by Crippen LogP contribution is 2.23. The lowest BCUT2D eigenvalue weighted by atomic mass is 10.1. The highest BCUT2D eigenvalue weighted by atomic mass is 35.5. The van der Waals surface area contributed by atoms with Crippen molar-refractivity contribution in [1.29, 1.82) is 0 Å². The van der Waals surface area contributed by atoms with Gasteiger partial charge in [0.05, 0.1) is 24.9 Å². The van der Waals surface area contributed by atoms with Crippen molar-refractivity contribution in [3.63, 3.8) is 0 Å². The third kappa shape index (κ3) is 3.42. The maximum Gasteiger partial charge on any atom is 0.339 e. The molecule has 1 aromatic carbocycles. The van der Waals surface area contributed by atoms with Gasteiger partial charge in [-0.25, -0.2) is 4.79 Å². The van der Waals surface area contributed by atoms with Crippen molar-refractivity contribution in [1.82, 2.24) is 0 Å². The monoisotopic (exact) mass is 308 g/mol. The van der Waals surface area contributed by atoms with Crippen molar-refractivity contribution >= 4 is 29.2 Å². The Hall–Kier alpha value is -2.31. The number of anilines is 1. The predicted molar refractivity (Wildman–Crippen MR) is 77.3 cm³/mol. The lowest BCUT2D eigenvalue weighted by molar-refractivity contribution is 0.0602. The molecule has 2 aromatic rings. The van der Waals surface area contributed by atoms with Gasteiger partial charge in [0.1, 0.15) is 5.76 Å². The van der Waals surface area contributed by atoms with Crippen molar-refractivity contribution in [2.75, 3.05) is 12.4 Å². The van der Waals surface area contributed by atoms with E-state index in [-0.39, 0.29) is 23.6 Å².